The van der Waals surface area contributed by atoms with Crippen molar-refractivity contribution in [2.75, 3.05) is 6.54 Å². The first-order valence-corrected chi connectivity index (χ1v) is 6.44. The molecule has 0 spiro atoms. The molecule has 1 amide bonds. The van der Waals surface area contributed by atoms with E-state index in [9.17, 15) is 14.4 Å². The Morgan fingerprint density at radius 1 is 1.42 bits per heavy atom. The van der Waals surface area contributed by atoms with Crippen LogP contribution in [0.1, 0.15) is 40.5 Å². The van der Waals surface area contributed by atoms with Gasteiger partial charge in [0.1, 0.15) is 5.41 Å². The second kappa shape index (κ2) is 7.07. The number of rotatable bonds is 3. The van der Waals surface area contributed by atoms with Crippen molar-refractivity contribution in [1.82, 2.24) is 5.32 Å². The van der Waals surface area contributed by atoms with Crippen LogP contribution < -0.4 is 5.32 Å². The Labute approximate surface area is 114 Å². The first-order chi connectivity index (χ1) is 8.72. The van der Waals surface area contributed by atoms with Gasteiger partial charge in [0.25, 0.3) is 0 Å². The lowest BCUT2D eigenvalue weighted by Gasteiger charge is -2.35. The molecule has 1 aliphatic heterocycles. The summed E-state index contributed by atoms with van der Waals surface area (Å²) in [5, 5.41) is 10.7. The third-order valence-corrected chi connectivity index (χ3v) is 3.49. The SMILES string of the molecule is C=C(C)C(=O)O.CCC1(CC)C(=O)NC[C@@H](C)C1=O. The number of Topliss-reactive ketones (excluding diaryl/α,β-unsaturated/α-hetero) is 1. The van der Waals surface area contributed by atoms with Gasteiger partial charge < -0.3 is 10.4 Å². The molecule has 0 aliphatic carbocycles. The maximum absolute atomic E-state index is 11.9. The number of amides is 1. The van der Waals surface area contributed by atoms with E-state index in [-0.39, 0.29) is 23.2 Å². The third-order valence-electron chi connectivity index (χ3n) is 3.49. The standard InChI is InChI=1S/C10H17NO2.C4H6O2/c1-4-10(5-2)8(12)7(3)6-11-9(10)13;1-3(2)4(5)6/h7H,4-6H2,1-3H3,(H,11,13);1H2,2H3,(H,5,6)/t7-;/m1./s1. The van der Waals surface area contributed by atoms with Crippen LogP contribution in [0, 0.1) is 11.3 Å². The Bertz CT molecular complexity index is 371. The maximum Gasteiger partial charge on any atom is 0.330 e. The fourth-order valence-corrected chi connectivity index (χ4v) is 2.01. The van der Waals surface area contributed by atoms with Gasteiger partial charge >= 0.3 is 5.97 Å². The molecule has 1 saturated heterocycles. The highest BCUT2D eigenvalue weighted by atomic mass is 16.4. The number of piperidine rings is 1. The number of hydrogen-bond donors (Lipinski definition) is 2. The minimum absolute atomic E-state index is 0.0300. The number of carbonyl (C=O) groups excluding carboxylic acids is 2. The zero-order chi connectivity index (χ0) is 15.2. The number of carboxylic acid groups (broad SMARTS) is 1. The van der Waals surface area contributed by atoms with Crippen molar-refractivity contribution in [3.05, 3.63) is 12.2 Å². The first kappa shape index (κ1) is 17.4. The number of carboxylic acids is 1. The summed E-state index contributed by atoms with van der Waals surface area (Å²) in [6, 6.07) is 0. The van der Waals surface area contributed by atoms with E-state index < -0.39 is 11.4 Å². The molecule has 5 heteroatoms. The molecule has 108 valence electrons. The van der Waals surface area contributed by atoms with Crippen LogP contribution in [0.15, 0.2) is 12.2 Å². The smallest absolute Gasteiger partial charge is 0.330 e. The molecule has 1 aliphatic rings. The van der Waals surface area contributed by atoms with Gasteiger partial charge in [-0.1, -0.05) is 27.4 Å². The highest BCUT2D eigenvalue weighted by Gasteiger charge is 2.47. The molecule has 0 saturated carbocycles. The summed E-state index contributed by atoms with van der Waals surface area (Å²) < 4.78 is 0. The summed E-state index contributed by atoms with van der Waals surface area (Å²) in [6.07, 6.45) is 1.22. The zero-order valence-electron chi connectivity index (χ0n) is 12.1. The van der Waals surface area contributed by atoms with E-state index in [1.165, 1.54) is 6.92 Å². The Morgan fingerprint density at radius 2 is 1.84 bits per heavy atom. The van der Waals surface area contributed by atoms with Crippen molar-refractivity contribution >= 4 is 17.7 Å². The van der Waals surface area contributed by atoms with Crippen LogP contribution in [0.2, 0.25) is 0 Å². The highest BCUT2D eigenvalue weighted by molar-refractivity contribution is 6.08. The number of aliphatic carboxylic acids is 1. The van der Waals surface area contributed by atoms with E-state index >= 15 is 0 Å². The molecule has 0 aromatic carbocycles. The van der Waals surface area contributed by atoms with Crippen LogP contribution >= 0.6 is 0 Å². The molecule has 0 aromatic heterocycles. The number of carbonyl (C=O) groups is 3. The highest BCUT2D eigenvalue weighted by Crippen LogP contribution is 2.33. The lowest BCUT2D eigenvalue weighted by molar-refractivity contribution is -0.148. The van der Waals surface area contributed by atoms with Crippen molar-refractivity contribution in [3.8, 4) is 0 Å². The molecular formula is C14H23NO4. The summed E-state index contributed by atoms with van der Waals surface area (Å²) in [5.41, 5.74) is -0.562. The van der Waals surface area contributed by atoms with Crippen LogP contribution in [-0.2, 0) is 14.4 Å². The van der Waals surface area contributed by atoms with Gasteiger partial charge in [-0.2, -0.15) is 0 Å². The van der Waals surface area contributed by atoms with E-state index in [4.69, 9.17) is 5.11 Å². The molecule has 0 aromatic rings. The molecule has 1 heterocycles. The summed E-state index contributed by atoms with van der Waals surface area (Å²) >= 11 is 0. The van der Waals surface area contributed by atoms with Crippen molar-refractivity contribution in [3.63, 3.8) is 0 Å². The van der Waals surface area contributed by atoms with Crippen LogP contribution in [0.5, 0.6) is 0 Å². The fourth-order valence-electron chi connectivity index (χ4n) is 2.01. The number of ketones is 1. The molecule has 0 bridgehead atoms. The van der Waals surface area contributed by atoms with Crippen LogP contribution in [-0.4, -0.2) is 29.3 Å². The Kier molecular flexibility index (Phi) is 6.45. The normalized spacial score (nSPS) is 20.9. The summed E-state index contributed by atoms with van der Waals surface area (Å²) in [5.74, 6) is -0.936. The Balaban J connectivity index is 0.000000459. The summed E-state index contributed by atoms with van der Waals surface area (Å²) in [7, 11) is 0. The predicted octanol–water partition coefficient (Wildman–Crippen LogP) is 1.77. The number of nitrogens with one attached hydrogen (secondary N) is 1. The van der Waals surface area contributed by atoms with Gasteiger partial charge in [-0.15, -0.1) is 0 Å². The lowest BCUT2D eigenvalue weighted by atomic mass is 9.71. The lowest BCUT2D eigenvalue weighted by Crippen LogP contribution is -2.55. The first-order valence-electron chi connectivity index (χ1n) is 6.44. The van der Waals surface area contributed by atoms with Crippen LogP contribution in [0.25, 0.3) is 0 Å². The molecule has 1 atom stereocenters. The maximum atomic E-state index is 11.9. The third kappa shape index (κ3) is 3.91. The van der Waals surface area contributed by atoms with Crippen molar-refractivity contribution in [2.24, 2.45) is 11.3 Å². The molecule has 0 radical (unpaired) electrons. The summed E-state index contributed by atoms with van der Waals surface area (Å²) in [4.78, 5) is 33.1. The van der Waals surface area contributed by atoms with Gasteiger partial charge in [0, 0.05) is 18.0 Å². The largest absolute Gasteiger partial charge is 0.478 e. The molecule has 5 nitrogen and oxygen atoms in total. The van der Waals surface area contributed by atoms with E-state index in [2.05, 4.69) is 11.9 Å². The average Bonchev–Trinajstić information content (AvgIpc) is 2.37. The van der Waals surface area contributed by atoms with Crippen LogP contribution in [0.4, 0.5) is 0 Å². The number of hydrogen-bond acceptors (Lipinski definition) is 3. The second-order valence-electron chi connectivity index (χ2n) is 4.85. The van der Waals surface area contributed by atoms with Gasteiger partial charge in [0.2, 0.25) is 5.91 Å². The molecule has 1 rings (SSSR count). The van der Waals surface area contributed by atoms with E-state index in [0.717, 1.165) is 0 Å². The molecule has 0 unspecified atom stereocenters. The van der Waals surface area contributed by atoms with Crippen molar-refractivity contribution in [1.29, 1.82) is 0 Å². The minimum Gasteiger partial charge on any atom is -0.478 e. The van der Waals surface area contributed by atoms with Crippen molar-refractivity contribution < 1.29 is 19.5 Å². The quantitative estimate of drug-likeness (QED) is 0.604. The minimum atomic E-state index is -0.935. The van der Waals surface area contributed by atoms with Gasteiger partial charge in [-0.3, -0.25) is 9.59 Å². The zero-order valence-corrected chi connectivity index (χ0v) is 12.1. The topological polar surface area (TPSA) is 83.5 Å². The van der Waals surface area contributed by atoms with Crippen LogP contribution in [0.3, 0.4) is 0 Å². The van der Waals surface area contributed by atoms with E-state index in [1.807, 2.05) is 20.8 Å². The van der Waals surface area contributed by atoms with Gasteiger partial charge in [-0.25, -0.2) is 4.79 Å². The second-order valence-corrected chi connectivity index (χ2v) is 4.85. The molecule has 19 heavy (non-hydrogen) atoms. The monoisotopic (exact) mass is 269 g/mol. The molecular weight excluding hydrogens is 246 g/mol. The molecule has 1 fully saturated rings. The van der Waals surface area contributed by atoms with Gasteiger partial charge in [0.05, 0.1) is 0 Å². The fraction of sp³-hybridized carbons (Fsp3) is 0.643. The molecule has 2 N–H and O–H groups in total. The summed E-state index contributed by atoms with van der Waals surface area (Å²) in [6.45, 7) is 10.8. The van der Waals surface area contributed by atoms with Crippen molar-refractivity contribution in [2.45, 2.75) is 40.5 Å². The Morgan fingerprint density at radius 3 is 2.11 bits per heavy atom. The average molecular weight is 269 g/mol. The van der Waals surface area contributed by atoms with Gasteiger partial charge in [0.15, 0.2) is 5.78 Å². The van der Waals surface area contributed by atoms with Gasteiger partial charge in [-0.05, 0) is 19.8 Å². The van der Waals surface area contributed by atoms with E-state index in [0.29, 0.717) is 19.4 Å². The Hall–Kier alpha value is -1.65. The van der Waals surface area contributed by atoms with E-state index in [1.54, 1.807) is 0 Å². The predicted molar refractivity (Wildman–Crippen MR) is 72.6 cm³/mol.